The first kappa shape index (κ1) is 23.1. The topological polar surface area (TPSA) is 75.4 Å². The van der Waals surface area contributed by atoms with Crippen LogP contribution in [0.15, 0.2) is 47.3 Å². The highest BCUT2D eigenvalue weighted by Gasteiger charge is 2.32. The summed E-state index contributed by atoms with van der Waals surface area (Å²) in [4.78, 5) is 32.7. The van der Waals surface area contributed by atoms with Gasteiger partial charge in [-0.05, 0) is 87.4 Å². The molecule has 0 radical (unpaired) electrons. The van der Waals surface area contributed by atoms with Gasteiger partial charge < -0.3 is 10.0 Å². The van der Waals surface area contributed by atoms with E-state index < -0.39 is 12.0 Å². The third-order valence-corrected chi connectivity index (χ3v) is 7.66. The van der Waals surface area contributed by atoms with Gasteiger partial charge in [0.25, 0.3) is 5.56 Å². The molecule has 2 aliphatic rings. The Labute approximate surface area is 204 Å². The smallest absolute Gasteiger partial charge is 0.326 e. The molecular weight excluding hydrogens is 450 g/mol. The Balaban J connectivity index is 1.47. The molecule has 1 saturated heterocycles. The summed E-state index contributed by atoms with van der Waals surface area (Å²) in [6.07, 6.45) is 6.25. The van der Waals surface area contributed by atoms with E-state index in [2.05, 4.69) is 11.0 Å². The van der Waals surface area contributed by atoms with Crippen LogP contribution in [-0.4, -0.2) is 45.2 Å². The largest absolute Gasteiger partial charge is 0.480 e. The number of hydrogen-bond donors (Lipinski definition) is 1. The number of hydrogen-bond acceptors (Lipinski definition) is 4. The summed E-state index contributed by atoms with van der Waals surface area (Å²) in [6, 6.07) is 11.8. The number of aliphatic carboxylic acids is 1. The van der Waals surface area contributed by atoms with Crippen LogP contribution in [0.1, 0.15) is 56.6 Å². The summed E-state index contributed by atoms with van der Waals surface area (Å²) in [7, 11) is 0. The number of nitrogens with zero attached hydrogens (tertiary/aromatic N) is 3. The zero-order valence-electron chi connectivity index (χ0n) is 19.4. The molecular formula is C27H30ClN3O3. The number of fused-ring (bicyclic) bond motifs is 1. The predicted octanol–water partition coefficient (Wildman–Crippen LogP) is 5.34. The molecule has 3 aromatic rings. The molecule has 1 atom stereocenters. The van der Waals surface area contributed by atoms with E-state index in [0.717, 1.165) is 18.4 Å². The lowest BCUT2D eigenvalue weighted by molar-refractivity contribution is -0.140. The van der Waals surface area contributed by atoms with Gasteiger partial charge in [0.2, 0.25) is 0 Å². The highest BCUT2D eigenvalue weighted by atomic mass is 35.5. The Bertz CT molecular complexity index is 1280. The van der Waals surface area contributed by atoms with Gasteiger partial charge in [0.1, 0.15) is 11.9 Å². The Morgan fingerprint density at radius 2 is 1.91 bits per heavy atom. The van der Waals surface area contributed by atoms with Crippen LogP contribution in [0.4, 0.5) is 0 Å². The lowest BCUT2D eigenvalue weighted by atomic mass is 9.71. The summed E-state index contributed by atoms with van der Waals surface area (Å²) < 4.78 is 1.28. The molecule has 1 N–H and O–H groups in total. The lowest BCUT2D eigenvalue weighted by Crippen LogP contribution is -2.38. The van der Waals surface area contributed by atoms with E-state index in [1.165, 1.54) is 50.4 Å². The summed E-state index contributed by atoms with van der Waals surface area (Å²) in [5.41, 5.74) is 2.00. The van der Waals surface area contributed by atoms with Crippen LogP contribution in [0.3, 0.4) is 0 Å². The highest BCUT2D eigenvalue weighted by molar-refractivity contribution is 6.30. The minimum Gasteiger partial charge on any atom is -0.480 e. The van der Waals surface area contributed by atoms with Gasteiger partial charge in [-0.15, -0.1) is 0 Å². The van der Waals surface area contributed by atoms with E-state index >= 15 is 0 Å². The maximum atomic E-state index is 13.6. The SMILES string of the molecule is CC(C(=O)O)n1c(-c2cccc(Cl)c2)nc2ccc(C3CC(CN4CCCCC4)C3)cc2c1=O. The Morgan fingerprint density at radius 3 is 2.62 bits per heavy atom. The van der Waals surface area contributed by atoms with Crippen molar-refractivity contribution in [3.05, 3.63) is 63.4 Å². The van der Waals surface area contributed by atoms with Gasteiger partial charge in [0.15, 0.2) is 0 Å². The fourth-order valence-electron chi connectivity index (χ4n) is 5.44. The average molecular weight is 480 g/mol. The molecule has 1 unspecified atom stereocenters. The number of rotatable bonds is 6. The van der Waals surface area contributed by atoms with Crippen molar-refractivity contribution in [3.8, 4) is 11.4 Å². The number of aromatic nitrogens is 2. The van der Waals surface area contributed by atoms with Crippen molar-refractivity contribution < 1.29 is 9.90 Å². The minimum absolute atomic E-state index is 0.313. The maximum Gasteiger partial charge on any atom is 0.326 e. The molecule has 7 heteroatoms. The molecule has 34 heavy (non-hydrogen) atoms. The van der Waals surface area contributed by atoms with Crippen molar-refractivity contribution in [2.24, 2.45) is 5.92 Å². The molecule has 178 valence electrons. The second-order valence-corrected chi connectivity index (χ2v) is 10.2. The molecule has 1 saturated carbocycles. The van der Waals surface area contributed by atoms with Crippen molar-refractivity contribution >= 4 is 28.5 Å². The monoisotopic (exact) mass is 479 g/mol. The van der Waals surface area contributed by atoms with Crippen molar-refractivity contribution in [2.45, 2.75) is 51.0 Å². The van der Waals surface area contributed by atoms with Crippen LogP contribution < -0.4 is 5.56 Å². The van der Waals surface area contributed by atoms with Crippen LogP contribution in [-0.2, 0) is 4.79 Å². The number of carbonyl (C=O) groups is 1. The third kappa shape index (κ3) is 4.49. The molecule has 5 rings (SSSR count). The normalized spacial score (nSPS) is 21.8. The molecule has 2 heterocycles. The standard InChI is InChI=1S/C27H30ClN3O3/c1-17(27(33)34)31-25(20-6-5-7-22(28)14-20)29-24-9-8-19(15-23(24)26(31)32)21-12-18(13-21)16-30-10-3-2-4-11-30/h5-9,14-15,17-18,21H,2-4,10-13,16H2,1H3,(H,33,34). The van der Waals surface area contributed by atoms with Crippen LogP contribution in [0.5, 0.6) is 0 Å². The number of carboxylic acid groups (broad SMARTS) is 1. The zero-order valence-corrected chi connectivity index (χ0v) is 20.2. The quantitative estimate of drug-likeness (QED) is 0.516. The van der Waals surface area contributed by atoms with Crippen molar-refractivity contribution in [3.63, 3.8) is 0 Å². The summed E-state index contributed by atoms with van der Waals surface area (Å²) in [5.74, 6) is 0.387. The molecule has 1 aliphatic heterocycles. The van der Waals surface area contributed by atoms with Gasteiger partial charge in [-0.1, -0.05) is 36.2 Å². The van der Waals surface area contributed by atoms with E-state index in [4.69, 9.17) is 16.6 Å². The summed E-state index contributed by atoms with van der Waals surface area (Å²) >= 11 is 6.16. The maximum absolute atomic E-state index is 13.6. The summed E-state index contributed by atoms with van der Waals surface area (Å²) in [5, 5.41) is 10.7. The second kappa shape index (κ2) is 9.51. The highest BCUT2D eigenvalue weighted by Crippen LogP contribution is 2.42. The number of carboxylic acids is 1. The molecule has 6 nitrogen and oxygen atoms in total. The Hall–Kier alpha value is -2.70. The zero-order chi connectivity index (χ0) is 23.8. The molecule has 1 aromatic heterocycles. The van der Waals surface area contributed by atoms with Gasteiger partial charge in [-0.2, -0.15) is 0 Å². The molecule has 0 bridgehead atoms. The Morgan fingerprint density at radius 1 is 1.15 bits per heavy atom. The summed E-state index contributed by atoms with van der Waals surface area (Å²) in [6.45, 7) is 5.13. The van der Waals surface area contributed by atoms with Crippen LogP contribution in [0.25, 0.3) is 22.3 Å². The van der Waals surface area contributed by atoms with E-state index in [1.54, 1.807) is 24.3 Å². The third-order valence-electron chi connectivity index (χ3n) is 7.42. The lowest BCUT2D eigenvalue weighted by Gasteiger charge is -2.40. The van der Waals surface area contributed by atoms with Crippen molar-refractivity contribution in [1.29, 1.82) is 0 Å². The fourth-order valence-corrected chi connectivity index (χ4v) is 5.63. The van der Waals surface area contributed by atoms with E-state index in [9.17, 15) is 14.7 Å². The first-order valence-corrected chi connectivity index (χ1v) is 12.6. The predicted molar refractivity (Wildman–Crippen MR) is 135 cm³/mol. The van der Waals surface area contributed by atoms with Crippen molar-refractivity contribution in [1.82, 2.24) is 14.5 Å². The van der Waals surface area contributed by atoms with E-state index in [0.29, 0.717) is 39.1 Å². The van der Waals surface area contributed by atoms with Crippen LogP contribution in [0.2, 0.25) is 5.02 Å². The number of halogens is 1. The molecule has 0 spiro atoms. The minimum atomic E-state index is -1.08. The molecule has 2 aromatic carbocycles. The van der Waals surface area contributed by atoms with Gasteiger partial charge in [-0.3, -0.25) is 9.36 Å². The van der Waals surface area contributed by atoms with Gasteiger partial charge in [0, 0.05) is 17.1 Å². The van der Waals surface area contributed by atoms with Crippen LogP contribution in [0, 0.1) is 5.92 Å². The average Bonchev–Trinajstić information content (AvgIpc) is 2.81. The molecule has 1 aliphatic carbocycles. The number of likely N-dealkylation sites (tertiary alicyclic amines) is 1. The fraction of sp³-hybridized carbons (Fsp3) is 0.444. The van der Waals surface area contributed by atoms with Crippen molar-refractivity contribution in [2.75, 3.05) is 19.6 Å². The molecule has 2 fully saturated rings. The second-order valence-electron chi connectivity index (χ2n) is 9.81. The molecule has 0 amide bonds. The van der Waals surface area contributed by atoms with Crippen LogP contribution >= 0.6 is 11.6 Å². The van der Waals surface area contributed by atoms with Gasteiger partial charge in [0.05, 0.1) is 10.9 Å². The van der Waals surface area contributed by atoms with Gasteiger partial charge >= 0.3 is 5.97 Å². The van der Waals surface area contributed by atoms with Gasteiger partial charge in [-0.25, -0.2) is 9.78 Å². The first-order chi connectivity index (χ1) is 16.4. The Kier molecular flexibility index (Phi) is 6.45. The number of piperidine rings is 1. The van der Waals surface area contributed by atoms with E-state index in [1.807, 2.05) is 12.1 Å². The first-order valence-electron chi connectivity index (χ1n) is 12.2. The van der Waals surface area contributed by atoms with E-state index in [-0.39, 0.29) is 5.56 Å². The number of benzene rings is 2.